The molecule has 1 amide bonds. The monoisotopic (exact) mass is 451 g/mol. The van der Waals surface area contributed by atoms with E-state index in [1.54, 1.807) is 7.11 Å². The maximum absolute atomic E-state index is 11.7. The zero-order valence-electron chi connectivity index (χ0n) is 12.5. The van der Waals surface area contributed by atoms with Crippen LogP contribution in [0, 0.1) is 0 Å². The van der Waals surface area contributed by atoms with E-state index in [1.165, 1.54) is 19.2 Å². The number of halogens is 1. The van der Waals surface area contributed by atoms with Crippen molar-refractivity contribution < 1.29 is 27.8 Å². The first-order valence-electron chi connectivity index (χ1n) is 6.67. The Morgan fingerprint density at radius 1 is 1.48 bits per heavy atom. The molecular formula is C13H15BINO6S. The molecule has 0 spiro atoms. The smallest absolute Gasteiger partial charge is 0.466 e. The molecule has 1 fully saturated rings. The molecule has 1 heterocycles. The van der Waals surface area contributed by atoms with Crippen LogP contribution in [0.2, 0.25) is 0 Å². The van der Waals surface area contributed by atoms with Crippen LogP contribution in [0.1, 0.15) is 5.56 Å². The number of alkyl carbamates (subject to hydrolysis) is 1. The maximum atomic E-state index is 11.7. The van der Waals surface area contributed by atoms with Gasteiger partial charge in [-0.3, -0.25) is 0 Å². The van der Waals surface area contributed by atoms with Gasteiger partial charge in [-0.1, -0.05) is 34.5 Å². The van der Waals surface area contributed by atoms with Gasteiger partial charge in [-0.25, -0.2) is 9.59 Å². The standard InChI is InChI=1S/C13H15BINO6S/c1-19-12(17)11-10(16-13(18)21-11)7-8-4-3-5-9(6-8)23-22-14(15)20-2/h3-6,10-11H,7H2,1-2H3,(H,16,18). The molecule has 10 heteroatoms. The number of rotatable bonds is 7. The van der Waals surface area contributed by atoms with Gasteiger partial charge in [0.05, 0.1) is 13.2 Å². The highest BCUT2D eigenvalue weighted by atomic mass is 127. The summed E-state index contributed by atoms with van der Waals surface area (Å²) in [5.74, 6) is -0.574. The van der Waals surface area contributed by atoms with Crippen LogP contribution < -0.4 is 5.32 Å². The summed E-state index contributed by atoms with van der Waals surface area (Å²) >= 11 is 3.21. The van der Waals surface area contributed by atoms with Crippen LogP contribution in [0.4, 0.5) is 4.79 Å². The van der Waals surface area contributed by atoms with Crippen LogP contribution in [0.5, 0.6) is 0 Å². The Hall–Kier alpha value is -0.975. The van der Waals surface area contributed by atoms with E-state index in [0.717, 1.165) is 10.5 Å². The Labute approximate surface area is 152 Å². The molecule has 2 atom stereocenters. The van der Waals surface area contributed by atoms with Gasteiger partial charge in [-0.15, -0.1) is 0 Å². The van der Waals surface area contributed by atoms with E-state index in [1.807, 2.05) is 46.6 Å². The summed E-state index contributed by atoms with van der Waals surface area (Å²) in [5.41, 5.74) is 0.936. The molecule has 0 radical (unpaired) electrons. The van der Waals surface area contributed by atoms with Crippen LogP contribution in [0.25, 0.3) is 0 Å². The van der Waals surface area contributed by atoms with Gasteiger partial charge in [0, 0.05) is 24.0 Å². The minimum Gasteiger partial charge on any atom is -0.466 e. The fourth-order valence-corrected chi connectivity index (χ4v) is 2.97. The fourth-order valence-electron chi connectivity index (χ4n) is 2.06. The van der Waals surface area contributed by atoms with Gasteiger partial charge < -0.3 is 23.5 Å². The quantitative estimate of drug-likeness (QED) is 0.294. The molecule has 1 saturated heterocycles. The predicted octanol–water partition coefficient (Wildman–Crippen LogP) is 1.97. The van der Waals surface area contributed by atoms with E-state index in [-0.39, 0.29) is 4.97 Å². The van der Waals surface area contributed by atoms with Gasteiger partial charge in [0.2, 0.25) is 6.10 Å². The lowest BCUT2D eigenvalue weighted by molar-refractivity contribution is -0.149. The number of ether oxygens (including phenoxy) is 2. The fraction of sp³-hybridized carbons (Fsp3) is 0.385. The van der Waals surface area contributed by atoms with Gasteiger partial charge in [0.1, 0.15) is 0 Å². The number of carbonyl (C=O) groups is 2. The van der Waals surface area contributed by atoms with Gasteiger partial charge >= 0.3 is 17.0 Å². The Bertz CT molecular complexity index is 577. The first kappa shape index (κ1) is 18.4. The topological polar surface area (TPSA) is 83.1 Å². The molecule has 23 heavy (non-hydrogen) atoms. The summed E-state index contributed by atoms with van der Waals surface area (Å²) in [5, 5.41) is 2.63. The minimum atomic E-state index is -0.938. The highest BCUT2D eigenvalue weighted by Gasteiger charge is 2.40. The lowest BCUT2D eigenvalue weighted by Crippen LogP contribution is -2.38. The molecule has 1 aliphatic heterocycles. The van der Waals surface area contributed by atoms with Gasteiger partial charge in [0.25, 0.3) is 0 Å². The second-order valence-corrected chi connectivity index (χ2v) is 6.49. The van der Waals surface area contributed by atoms with Crippen LogP contribution in [-0.4, -0.2) is 43.4 Å². The second kappa shape index (κ2) is 8.76. The predicted molar refractivity (Wildman–Crippen MR) is 93.1 cm³/mol. The van der Waals surface area contributed by atoms with Crippen LogP contribution in [0.15, 0.2) is 29.2 Å². The third kappa shape index (κ3) is 5.26. The van der Waals surface area contributed by atoms with Crippen molar-refractivity contribution >= 4 is 51.5 Å². The van der Waals surface area contributed by atoms with Crippen molar-refractivity contribution in [3.63, 3.8) is 0 Å². The summed E-state index contributed by atoms with van der Waals surface area (Å²) in [6.45, 7) is 0. The molecule has 2 rings (SSSR count). The number of esters is 1. The first-order chi connectivity index (χ1) is 11.0. The molecule has 7 nitrogen and oxygen atoms in total. The Morgan fingerprint density at radius 2 is 2.26 bits per heavy atom. The van der Waals surface area contributed by atoms with E-state index in [0.29, 0.717) is 6.42 Å². The SMILES string of the molecule is COB(I)OSc1cccc(CC2NC(=O)OC2C(=O)OC)c1. The highest BCUT2D eigenvalue weighted by molar-refractivity contribution is 14.1. The Morgan fingerprint density at radius 3 is 2.96 bits per heavy atom. The molecule has 1 aliphatic rings. The van der Waals surface area contributed by atoms with Gasteiger partial charge in [-0.05, 0) is 24.1 Å². The zero-order valence-corrected chi connectivity index (χ0v) is 15.5. The number of carbonyl (C=O) groups excluding carboxylic acids is 2. The molecule has 0 saturated carbocycles. The molecule has 0 aliphatic carbocycles. The number of cyclic esters (lactones) is 1. The molecule has 124 valence electrons. The Kier molecular flexibility index (Phi) is 6.99. The summed E-state index contributed by atoms with van der Waals surface area (Å²) in [4.78, 5) is 23.6. The number of amides is 1. The molecule has 2 unspecified atom stereocenters. The average Bonchev–Trinajstić information content (AvgIpc) is 2.92. The second-order valence-electron chi connectivity index (χ2n) is 4.64. The van der Waals surface area contributed by atoms with E-state index in [9.17, 15) is 9.59 Å². The molecule has 1 aromatic rings. The normalized spacial score (nSPS) is 19.9. The van der Waals surface area contributed by atoms with Crippen molar-refractivity contribution in [2.45, 2.75) is 23.5 Å². The third-order valence-electron chi connectivity index (χ3n) is 3.10. The molecular weight excluding hydrogens is 436 g/mol. The summed E-state index contributed by atoms with van der Waals surface area (Å²) in [7, 11) is 2.82. The third-order valence-corrected chi connectivity index (χ3v) is 4.92. The summed E-state index contributed by atoms with van der Waals surface area (Å²) < 4.78 is 20.0. The zero-order chi connectivity index (χ0) is 16.8. The van der Waals surface area contributed by atoms with Crippen LogP contribution in [0.3, 0.4) is 0 Å². The molecule has 0 bridgehead atoms. The van der Waals surface area contributed by atoms with E-state index < -0.39 is 24.2 Å². The van der Waals surface area contributed by atoms with E-state index in [2.05, 4.69) is 10.1 Å². The summed E-state index contributed by atoms with van der Waals surface area (Å²) in [6, 6.07) is 7.13. The number of hydrogen-bond donors (Lipinski definition) is 1. The van der Waals surface area contributed by atoms with E-state index >= 15 is 0 Å². The van der Waals surface area contributed by atoms with Crippen LogP contribution in [-0.2, 0) is 29.4 Å². The Balaban J connectivity index is 2.01. The van der Waals surface area contributed by atoms with Crippen molar-refractivity contribution in [3.8, 4) is 0 Å². The van der Waals surface area contributed by atoms with Crippen molar-refractivity contribution in [3.05, 3.63) is 29.8 Å². The largest absolute Gasteiger partial charge is 0.543 e. The molecule has 0 aromatic heterocycles. The maximum Gasteiger partial charge on any atom is 0.543 e. The highest BCUT2D eigenvalue weighted by Crippen LogP contribution is 2.24. The van der Waals surface area contributed by atoms with Crippen LogP contribution >= 0.6 is 34.4 Å². The summed E-state index contributed by atoms with van der Waals surface area (Å²) in [6.07, 6.45) is -1.11. The van der Waals surface area contributed by atoms with Crippen molar-refractivity contribution in [1.82, 2.24) is 5.32 Å². The minimum absolute atomic E-state index is 0.354. The van der Waals surface area contributed by atoms with E-state index in [4.69, 9.17) is 13.5 Å². The van der Waals surface area contributed by atoms with Crippen molar-refractivity contribution in [2.75, 3.05) is 14.2 Å². The first-order valence-corrected chi connectivity index (χ1v) is 8.66. The lowest BCUT2D eigenvalue weighted by Gasteiger charge is -2.15. The molecule has 1 aromatic carbocycles. The molecule has 1 N–H and O–H groups in total. The van der Waals surface area contributed by atoms with Crippen molar-refractivity contribution in [2.24, 2.45) is 0 Å². The van der Waals surface area contributed by atoms with Gasteiger partial charge in [0.15, 0.2) is 0 Å². The average molecular weight is 451 g/mol. The lowest BCUT2D eigenvalue weighted by atomic mass is 10.0. The number of nitrogens with one attached hydrogen (secondary N) is 1. The number of methoxy groups -OCH3 is 1. The van der Waals surface area contributed by atoms with Crippen molar-refractivity contribution in [1.29, 1.82) is 0 Å². The number of benzene rings is 1. The van der Waals surface area contributed by atoms with Gasteiger partial charge in [-0.2, -0.15) is 0 Å². The number of hydrogen-bond acceptors (Lipinski definition) is 7.